The van der Waals surface area contributed by atoms with E-state index in [1.54, 1.807) is 18.3 Å². The third-order valence-corrected chi connectivity index (χ3v) is 3.80. The molecule has 1 aliphatic rings. The van der Waals surface area contributed by atoms with Gasteiger partial charge in [0.2, 0.25) is 0 Å². The Morgan fingerprint density at radius 3 is 3.16 bits per heavy atom. The molecular weight excluding hydrogens is 242 g/mol. The molecule has 100 valence electrons. The number of fused-ring (bicyclic) bond motifs is 1. The van der Waals surface area contributed by atoms with Crippen LogP contribution in [-0.2, 0) is 0 Å². The van der Waals surface area contributed by atoms with Crippen molar-refractivity contribution in [3.05, 3.63) is 23.9 Å². The van der Waals surface area contributed by atoms with Gasteiger partial charge in [0.1, 0.15) is 0 Å². The number of piperidine rings is 1. The summed E-state index contributed by atoms with van der Waals surface area (Å²) < 4.78 is 1.54. The van der Waals surface area contributed by atoms with E-state index in [-0.39, 0.29) is 5.91 Å². The predicted octanol–water partition coefficient (Wildman–Crippen LogP) is 1.53. The zero-order chi connectivity index (χ0) is 13.2. The first-order valence-corrected chi connectivity index (χ1v) is 6.78. The summed E-state index contributed by atoms with van der Waals surface area (Å²) in [5.74, 6) is 0.0870. The first-order valence-electron chi connectivity index (χ1n) is 6.78. The van der Waals surface area contributed by atoms with Crippen molar-refractivity contribution in [2.75, 3.05) is 6.54 Å². The fraction of sp³-hybridized carbons (Fsp3) is 0.538. The number of hydrogen-bond acceptors (Lipinski definition) is 4. The molecule has 19 heavy (non-hydrogen) atoms. The van der Waals surface area contributed by atoms with Crippen molar-refractivity contribution in [1.82, 2.24) is 24.9 Å². The first-order chi connectivity index (χ1) is 9.29. The van der Waals surface area contributed by atoms with E-state index in [1.165, 1.54) is 10.9 Å². The maximum atomic E-state index is 12.6. The Balaban J connectivity index is 1.89. The molecule has 0 bridgehead atoms. The van der Waals surface area contributed by atoms with Gasteiger partial charge in [0.05, 0.1) is 5.56 Å². The molecule has 1 amide bonds. The lowest BCUT2D eigenvalue weighted by Gasteiger charge is -2.35. The third-order valence-electron chi connectivity index (χ3n) is 3.80. The van der Waals surface area contributed by atoms with Gasteiger partial charge >= 0.3 is 0 Å². The summed E-state index contributed by atoms with van der Waals surface area (Å²) in [6, 6.07) is 3.94. The second-order valence-corrected chi connectivity index (χ2v) is 4.96. The van der Waals surface area contributed by atoms with Crippen LogP contribution in [0.25, 0.3) is 5.65 Å². The largest absolute Gasteiger partial charge is 0.336 e. The number of pyridine rings is 1. The molecule has 0 unspecified atom stereocenters. The Morgan fingerprint density at radius 1 is 1.42 bits per heavy atom. The lowest BCUT2D eigenvalue weighted by atomic mass is 9.99. The highest BCUT2D eigenvalue weighted by Crippen LogP contribution is 2.21. The second kappa shape index (κ2) is 4.95. The van der Waals surface area contributed by atoms with Crippen LogP contribution in [0, 0.1) is 0 Å². The van der Waals surface area contributed by atoms with E-state index >= 15 is 0 Å². The standard InChI is InChI=1S/C13H17N5O/c1-2-11-5-3-4-8-17(11)13(19)10-6-7-12-14-15-16-18(12)9-10/h6-7,9,11H,2-5,8H2,1H3/t11-/m0/s1. The van der Waals surface area contributed by atoms with Gasteiger partial charge in [-0.2, -0.15) is 4.52 Å². The summed E-state index contributed by atoms with van der Waals surface area (Å²) in [7, 11) is 0. The fourth-order valence-electron chi connectivity index (χ4n) is 2.73. The van der Waals surface area contributed by atoms with E-state index in [4.69, 9.17) is 0 Å². The Bertz CT molecular complexity index is 593. The number of tetrazole rings is 1. The molecule has 6 heteroatoms. The van der Waals surface area contributed by atoms with Crippen LogP contribution in [-0.4, -0.2) is 43.4 Å². The van der Waals surface area contributed by atoms with Crippen molar-refractivity contribution in [2.45, 2.75) is 38.6 Å². The van der Waals surface area contributed by atoms with Crippen LogP contribution in [0.5, 0.6) is 0 Å². The normalized spacial score (nSPS) is 19.8. The summed E-state index contributed by atoms with van der Waals surface area (Å²) >= 11 is 0. The molecule has 1 aliphatic heterocycles. The molecule has 1 saturated heterocycles. The van der Waals surface area contributed by atoms with E-state index < -0.39 is 0 Å². The molecule has 0 aliphatic carbocycles. The number of amides is 1. The van der Waals surface area contributed by atoms with Crippen LogP contribution in [0.15, 0.2) is 18.3 Å². The van der Waals surface area contributed by atoms with E-state index in [0.29, 0.717) is 17.3 Å². The highest BCUT2D eigenvalue weighted by Gasteiger charge is 2.26. The Labute approximate surface area is 111 Å². The lowest BCUT2D eigenvalue weighted by Crippen LogP contribution is -2.43. The minimum absolute atomic E-state index is 0.0870. The summed E-state index contributed by atoms with van der Waals surface area (Å²) in [6.45, 7) is 2.99. The smallest absolute Gasteiger partial charge is 0.255 e. The monoisotopic (exact) mass is 259 g/mol. The lowest BCUT2D eigenvalue weighted by molar-refractivity contribution is 0.0607. The molecule has 0 aromatic carbocycles. The van der Waals surface area contributed by atoms with Gasteiger partial charge in [0, 0.05) is 18.8 Å². The summed E-state index contributed by atoms with van der Waals surface area (Å²) in [5, 5.41) is 11.3. The van der Waals surface area contributed by atoms with Crippen molar-refractivity contribution in [3.8, 4) is 0 Å². The number of likely N-dealkylation sites (tertiary alicyclic amines) is 1. The molecule has 1 fully saturated rings. The molecule has 2 aromatic heterocycles. The fourth-order valence-corrected chi connectivity index (χ4v) is 2.73. The third kappa shape index (κ3) is 2.18. The SMILES string of the molecule is CC[C@H]1CCCCN1C(=O)c1ccc2nnnn2c1. The van der Waals surface area contributed by atoms with Crippen LogP contribution in [0.3, 0.4) is 0 Å². The zero-order valence-electron chi connectivity index (χ0n) is 11.0. The Hall–Kier alpha value is -1.98. The Kier molecular flexibility index (Phi) is 3.15. The van der Waals surface area contributed by atoms with Gasteiger partial charge in [-0.15, -0.1) is 5.10 Å². The predicted molar refractivity (Wildman–Crippen MR) is 69.7 cm³/mol. The number of nitrogens with zero attached hydrogens (tertiary/aromatic N) is 5. The molecule has 0 saturated carbocycles. The quantitative estimate of drug-likeness (QED) is 0.820. The average Bonchev–Trinajstić information content (AvgIpc) is 2.93. The summed E-state index contributed by atoms with van der Waals surface area (Å²) in [5.41, 5.74) is 1.31. The second-order valence-electron chi connectivity index (χ2n) is 4.96. The molecule has 3 heterocycles. The van der Waals surface area contributed by atoms with E-state index in [2.05, 4.69) is 22.4 Å². The van der Waals surface area contributed by atoms with Crippen LogP contribution in [0.4, 0.5) is 0 Å². The van der Waals surface area contributed by atoms with Crippen molar-refractivity contribution >= 4 is 11.6 Å². The molecule has 0 spiro atoms. The number of aromatic nitrogens is 4. The molecule has 0 N–H and O–H groups in total. The topological polar surface area (TPSA) is 63.4 Å². The van der Waals surface area contributed by atoms with Gasteiger partial charge in [-0.25, -0.2) is 0 Å². The van der Waals surface area contributed by atoms with E-state index in [1.807, 2.05) is 4.90 Å². The van der Waals surface area contributed by atoms with Gasteiger partial charge in [0.15, 0.2) is 5.65 Å². The number of carbonyl (C=O) groups excluding carboxylic acids is 1. The maximum Gasteiger partial charge on any atom is 0.255 e. The number of carbonyl (C=O) groups is 1. The van der Waals surface area contributed by atoms with Crippen LogP contribution in [0.2, 0.25) is 0 Å². The maximum absolute atomic E-state index is 12.6. The van der Waals surface area contributed by atoms with Crippen LogP contribution < -0.4 is 0 Å². The highest BCUT2D eigenvalue weighted by atomic mass is 16.2. The highest BCUT2D eigenvalue weighted by molar-refractivity contribution is 5.94. The van der Waals surface area contributed by atoms with E-state index in [9.17, 15) is 4.79 Å². The summed E-state index contributed by atoms with van der Waals surface area (Å²) in [4.78, 5) is 14.6. The van der Waals surface area contributed by atoms with Crippen LogP contribution in [0.1, 0.15) is 43.0 Å². The number of rotatable bonds is 2. The van der Waals surface area contributed by atoms with Crippen molar-refractivity contribution < 1.29 is 4.79 Å². The Morgan fingerprint density at radius 2 is 2.32 bits per heavy atom. The average molecular weight is 259 g/mol. The van der Waals surface area contributed by atoms with Gasteiger partial charge in [-0.1, -0.05) is 6.92 Å². The zero-order valence-corrected chi connectivity index (χ0v) is 11.0. The molecule has 3 rings (SSSR count). The molecule has 1 atom stereocenters. The van der Waals surface area contributed by atoms with Gasteiger partial charge in [-0.05, 0) is 48.2 Å². The molecule has 6 nitrogen and oxygen atoms in total. The minimum atomic E-state index is 0.0870. The van der Waals surface area contributed by atoms with Crippen molar-refractivity contribution in [1.29, 1.82) is 0 Å². The summed E-state index contributed by atoms with van der Waals surface area (Å²) in [6.07, 6.45) is 6.14. The van der Waals surface area contributed by atoms with Gasteiger partial charge in [-0.3, -0.25) is 4.79 Å². The molecule has 0 radical (unpaired) electrons. The van der Waals surface area contributed by atoms with E-state index in [0.717, 1.165) is 25.8 Å². The minimum Gasteiger partial charge on any atom is -0.336 e. The van der Waals surface area contributed by atoms with Gasteiger partial charge in [0.25, 0.3) is 5.91 Å². The van der Waals surface area contributed by atoms with Crippen molar-refractivity contribution in [3.63, 3.8) is 0 Å². The molecular formula is C13H17N5O. The van der Waals surface area contributed by atoms with Crippen molar-refractivity contribution in [2.24, 2.45) is 0 Å². The van der Waals surface area contributed by atoms with Gasteiger partial charge < -0.3 is 4.90 Å². The number of hydrogen-bond donors (Lipinski definition) is 0. The first kappa shape index (κ1) is 12.1. The molecule has 2 aromatic rings. The van der Waals surface area contributed by atoms with Crippen LogP contribution >= 0.6 is 0 Å².